The van der Waals surface area contributed by atoms with Crippen molar-refractivity contribution in [3.05, 3.63) is 88.8 Å². The summed E-state index contributed by atoms with van der Waals surface area (Å²) >= 11 is 9.80. The fourth-order valence-electron chi connectivity index (χ4n) is 5.54. The predicted molar refractivity (Wildman–Crippen MR) is 149 cm³/mol. The van der Waals surface area contributed by atoms with Crippen LogP contribution in [0.2, 0.25) is 4.34 Å². The highest BCUT2D eigenvalue weighted by molar-refractivity contribution is 7.16. The van der Waals surface area contributed by atoms with E-state index >= 15 is 0 Å². The van der Waals surface area contributed by atoms with Gasteiger partial charge in [0, 0.05) is 37.3 Å². The van der Waals surface area contributed by atoms with E-state index < -0.39 is 0 Å². The lowest BCUT2D eigenvalue weighted by atomic mass is 9.82. The summed E-state index contributed by atoms with van der Waals surface area (Å²) in [6.45, 7) is 6.38. The van der Waals surface area contributed by atoms with Crippen LogP contribution >= 0.6 is 34.3 Å². The maximum atomic E-state index is 13.5. The quantitative estimate of drug-likeness (QED) is 0.356. The Labute approximate surface area is 220 Å². The summed E-state index contributed by atoms with van der Waals surface area (Å²) < 4.78 is 0.847. The Morgan fingerprint density at radius 3 is 2.37 bits per heavy atom. The molecule has 180 valence electrons. The highest BCUT2D eigenvalue weighted by Gasteiger charge is 2.28. The molecular weight excluding hydrogens is 492 g/mol. The summed E-state index contributed by atoms with van der Waals surface area (Å²) in [5, 5.41) is 0. The van der Waals surface area contributed by atoms with Crippen LogP contribution in [0.5, 0.6) is 0 Å². The van der Waals surface area contributed by atoms with Gasteiger partial charge in [0.15, 0.2) is 5.78 Å². The Morgan fingerprint density at radius 1 is 1.00 bits per heavy atom. The smallest absolute Gasteiger partial charge is 0.189 e. The number of aldehydes is 1. The van der Waals surface area contributed by atoms with Gasteiger partial charge in [-0.1, -0.05) is 41.5 Å². The summed E-state index contributed by atoms with van der Waals surface area (Å²) in [7, 11) is 0. The van der Waals surface area contributed by atoms with Crippen molar-refractivity contribution in [3.8, 4) is 0 Å². The number of ketones is 1. The number of thiophene rings is 2. The van der Waals surface area contributed by atoms with Crippen molar-refractivity contribution in [2.24, 2.45) is 0 Å². The highest BCUT2D eigenvalue weighted by Crippen LogP contribution is 2.47. The number of Topliss-reactive ketones (excluding diaryl/α,β-unsaturated/α-hetero) is 1. The molecule has 0 saturated carbocycles. The van der Waals surface area contributed by atoms with Gasteiger partial charge in [-0.2, -0.15) is 0 Å². The maximum absolute atomic E-state index is 13.5. The topological polar surface area (TPSA) is 34.1 Å². The first kappa shape index (κ1) is 24.4. The van der Waals surface area contributed by atoms with Crippen LogP contribution in [0.3, 0.4) is 0 Å². The minimum absolute atomic E-state index is 0.00833. The van der Waals surface area contributed by atoms with Gasteiger partial charge in [-0.15, -0.1) is 22.7 Å². The van der Waals surface area contributed by atoms with Gasteiger partial charge in [-0.3, -0.25) is 9.59 Å². The van der Waals surface area contributed by atoms with E-state index in [-0.39, 0.29) is 11.7 Å². The van der Waals surface area contributed by atoms with Crippen LogP contribution < -0.4 is 0 Å². The Morgan fingerprint density at radius 2 is 1.71 bits per heavy atom. The molecule has 1 atom stereocenters. The van der Waals surface area contributed by atoms with Gasteiger partial charge < -0.3 is 0 Å². The number of carbonyl (C=O) groups excluding carboxylic acids is 2. The van der Waals surface area contributed by atoms with Gasteiger partial charge in [-0.25, -0.2) is 0 Å². The second kappa shape index (κ2) is 10.0. The van der Waals surface area contributed by atoms with Crippen LogP contribution in [-0.2, 0) is 9.59 Å². The summed E-state index contributed by atoms with van der Waals surface area (Å²) in [6, 6.07) is 4.45. The molecule has 0 saturated heterocycles. The average Bonchev–Trinajstić information content (AvgIpc) is 3.56. The molecule has 3 aliphatic rings. The lowest BCUT2D eigenvalue weighted by molar-refractivity contribution is -0.112. The van der Waals surface area contributed by atoms with Crippen LogP contribution in [0.15, 0.2) is 58.7 Å². The SMILES string of the molecule is CC1=C(C(=O)C2=C(C=O)C=CC(c3cc(C4=C(c5cc(Cl)sc5C)CCC4)c(C)s3)C2)C=CCC1. The van der Waals surface area contributed by atoms with Crippen molar-refractivity contribution < 1.29 is 9.59 Å². The van der Waals surface area contributed by atoms with Crippen molar-refractivity contribution in [2.45, 2.75) is 65.2 Å². The van der Waals surface area contributed by atoms with E-state index in [2.05, 4.69) is 38.1 Å². The largest absolute Gasteiger partial charge is 0.298 e. The minimum atomic E-state index is 0.00833. The molecule has 0 amide bonds. The number of aryl methyl sites for hydroxylation is 2. The number of carbonyl (C=O) groups is 2. The molecule has 0 aliphatic heterocycles. The summed E-state index contributed by atoms with van der Waals surface area (Å²) in [5.41, 5.74) is 8.54. The summed E-state index contributed by atoms with van der Waals surface area (Å²) in [5.74, 6) is 0.111. The molecule has 2 aromatic heterocycles. The average molecular weight is 521 g/mol. The number of hydrogen-bond donors (Lipinski definition) is 0. The second-order valence-electron chi connectivity index (χ2n) is 9.64. The predicted octanol–water partition coefficient (Wildman–Crippen LogP) is 8.95. The minimum Gasteiger partial charge on any atom is -0.298 e. The van der Waals surface area contributed by atoms with E-state index in [1.807, 2.05) is 30.4 Å². The van der Waals surface area contributed by atoms with E-state index in [1.165, 1.54) is 36.9 Å². The molecular formula is C30H29ClO2S2. The number of hydrogen-bond acceptors (Lipinski definition) is 4. The third-order valence-corrected chi connectivity index (χ3v) is 9.78. The van der Waals surface area contributed by atoms with Gasteiger partial charge in [0.25, 0.3) is 0 Å². The number of allylic oxidation sites excluding steroid dienone is 10. The fourth-order valence-corrected chi connectivity index (χ4v) is 7.89. The van der Waals surface area contributed by atoms with E-state index in [4.69, 9.17) is 11.6 Å². The molecule has 5 heteroatoms. The molecule has 2 nitrogen and oxygen atoms in total. The molecule has 1 unspecified atom stereocenters. The first-order valence-electron chi connectivity index (χ1n) is 12.2. The van der Waals surface area contributed by atoms with E-state index in [9.17, 15) is 9.59 Å². The third-order valence-electron chi connectivity index (χ3n) is 7.41. The first-order chi connectivity index (χ1) is 16.9. The van der Waals surface area contributed by atoms with Gasteiger partial charge in [0.05, 0.1) is 4.34 Å². The highest BCUT2D eigenvalue weighted by atomic mass is 35.5. The van der Waals surface area contributed by atoms with Crippen molar-refractivity contribution in [3.63, 3.8) is 0 Å². The molecule has 2 aromatic rings. The normalized spacial score (nSPS) is 20.4. The van der Waals surface area contributed by atoms with Crippen LogP contribution in [0.25, 0.3) is 11.1 Å². The first-order valence-corrected chi connectivity index (χ1v) is 14.2. The maximum Gasteiger partial charge on any atom is 0.189 e. The molecule has 0 N–H and O–H groups in total. The summed E-state index contributed by atoms with van der Waals surface area (Å²) in [4.78, 5) is 29.1. The van der Waals surface area contributed by atoms with Crippen LogP contribution in [0.4, 0.5) is 0 Å². The molecule has 0 fully saturated rings. The standard InChI is InChI=1S/C30H29ClO2S2/c1-17-7-4-5-8-22(17)30(33)27-13-20(11-12-21(27)16-32)28-14-25(18(2)34-28)23-9-6-10-24(23)26-15-29(31)35-19(26)3/h5,8,11-12,14-16,20H,4,6-7,9-10,13H2,1-3H3. The van der Waals surface area contributed by atoms with E-state index in [0.29, 0.717) is 17.6 Å². The molecule has 0 aromatic carbocycles. The third kappa shape index (κ3) is 4.64. The van der Waals surface area contributed by atoms with Crippen LogP contribution in [0, 0.1) is 13.8 Å². The Kier molecular flexibility index (Phi) is 6.98. The van der Waals surface area contributed by atoms with Crippen molar-refractivity contribution >= 4 is 57.5 Å². The van der Waals surface area contributed by atoms with E-state index in [1.54, 1.807) is 11.3 Å². The fraction of sp³-hybridized carbons (Fsp3) is 0.333. The lowest BCUT2D eigenvalue weighted by Gasteiger charge is -2.21. The monoisotopic (exact) mass is 520 g/mol. The van der Waals surface area contributed by atoms with Gasteiger partial charge >= 0.3 is 0 Å². The molecule has 0 spiro atoms. The zero-order valence-corrected chi connectivity index (χ0v) is 22.8. The lowest BCUT2D eigenvalue weighted by Crippen LogP contribution is -2.15. The Hall–Kier alpha value is -2.27. The van der Waals surface area contributed by atoms with Crippen molar-refractivity contribution in [1.29, 1.82) is 0 Å². The zero-order valence-electron chi connectivity index (χ0n) is 20.4. The molecule has 2 heterocycles. The van der Waals surface area contributed by atoms with Crippen molar-refractivity contribution in [1.82, 2.24) is 0 Å². The number of rotatable bonds is 6. The van der Waals surface area contributed by atoms with Crippen molar-refractivity contribution in [2.75, 3.05) is 0 Å². The zero-order chi connectivity index (χ0) is 24.7. The van der Waals surface area contributed by atoms with Crippen LogP contribution in [0.1, 0.15) is 77.1 Å². The Bertz CT molecular complexity index is 1370. The second-order valence-corrected chi connectivity index (χ2v) is 12.8. The number of halogens is 1. The van der Waals surface area contributed by atoms with Gasteiger partial charge in [-0.05, 0) is 93.7 Å². The Balaban J connectivity index is 1.47. The molecule has 3 aliphatic carbocycles. The van der Waals surface area contributed by atoms with Crippen LogP contribution in [-0.4, -0.2) is 12.1 Å². The summed E-state index contributed by atoms with van der Waals surface area (Å²) in [6.07, 6.45) is 14.5. The molecule has 0 bridgehead atoms. The molecule has 35 heavy (non-hydrogen) atoms. The van der Waals surface area contributed by atoms with Gasteiger partial charge in [0.1, 0.15) is 6.29 Å². The van der Waals surface area contributed by atoms with E-state index in [0.717, 1.165) is 53.9 Å². The molecule has 5 rings (SSSR count). The molecule has 0 radical (unpaired) electrons. The van der Waals surface area contributed by atoms with Gasteiger partial charge in [0.2, 0.25) is 0 Å².